The third-order valence-corrected chi connectivity index (χ3v) is 3.65. The monoisotopic (exact) mass is 267 g/mol. The van der Waals surface area contributed by atoms with Crippen molar-refractivity contribution in [2.24, 2.45) is 5.92 Å². The number of benzene rings is 1. The van der Waals surface area contributed by atoms with Crippen molar-refractivity contribution in [1.82, 2.24) is 5.32 Å². The Morgan fingerprint density at radius 3 is 2.72 bits per heavy atom. The van der Waals surface area contributed by atoms with Gasteiger partial charge in [-0.25, -0.2) is 0 Å². The van der Waals surface area contributed by atoms with Gasteiger partial charge in [-0.05, 0) is 18.4 Å². The first kappa shape index (κ1) is 14.9. The zero-order chi connectivity index (χ0) is 13.5. The standard InChI is InChI=1S/C14H21NO2S/c1-11(2)8-15-14(16)10-18(17)9-13-6-4-5-12(3)7-13/h4-7,11H,8-10H2,1-3H3,(H,15,16). The van der Waals surface area contributed by atoms with E-state index in [4.69, 9.17) is 0 Å². The van der Waals surface area contributed by atoms with Crippen molar-refractivity contribution in [3.8, 4) is 0 Å². The third-order valence-electron chi connectivity index (χ3n) is 2.41. The fraction of sp³-hybridized carbons (Fsp3) is 0.500. The lowest BCUT2D eigenvalue weighted by atomic mass is 10.2. The van der Waals surface area contributed by atoms with Crippen molar-refractivity contribution in [3.63, 3.8) is 0 Å². The largest absolute Gasteiger partial charge is 0.355 e. The van der Waals surface area contributed by atoms with Crippen LogP contribution in [-0.4, -0.2) is 22.4 Å². The van der Waals surface area contributed by atoms with Gasteiger partial charge in [-0.1, -0.05) is 43.7 Å². The number of nitrogens with one attached hydrogen (secondary N) is 1. The molecule has 1 rings (SSSR count). The summed E-state index contributed by atoms with van der Waals surface area (Å²) in [5.41, 5.74) is 2.17. The minimum Gasteiger partial charge on any atom is -0.355 e. The molecule has 1 N–H and O–H groups in total. The van der Waals surface area contributed by atoms with Crippen LogP contribution in [0.25, 0.3) is 0 Å². The molecule has 1 unspecified atom stereocenters. The van der Waals surface area contributed by atoms with Crippen LogP contribution in [0.15, 0.2) is 24.3 Å². The van der Waals surface area contributed by atoms with Gasteiger partial charge in [-0.15, -0.1) is 0 Å². The van der Waals surface area contributed by atoms with Crippen molar-refractivity contribution in [2.45, 2.75) is 26.5 Å². The molecule has 1 aromatic carbocycles. The summed E-state index contributed by atoms with van der Waals surface area (Å²) >= 11 is 0. The molecule has 0 spiro atoms. The summed E-state index contributed by atoms with van der Waals surface area (Å²) in [6.45, 7) is 6.70. The van der Waals surface area contributed by atoms with E-state index < -0.39 is 10.8 Å². The van der Waals surface area contributed by atoms with E-state index in [1.54, 1.807) is 0 Å². The van der Waals surface area contributed by atoms with Crippen LogP contribution in [0.1, 0.15) is 25.0 Å². The molecule has 0 fully saturated rings. The minimum absolute atomic E-state index is 0.0840. The molecule has 1 amide bonds. The van der Waals surface area contributed by atoms with E-state index in [0.29, 0.717) is 18.2 Å². The topological polar surface area (TPSA) is 46.2 Å². The van der Waals surface area contributed by atoms with Crippen LogP contribution in [0, 0.1) is 12.8 Å². The third kappa shape index (κ3) is 5.96. The highest BCUT2D eigenvalue weighted by Gasteiger charge is 2.09. The number of hydrogen-bond acceptors (Lipinski definition) is 2. The number of rotatable bonds is 6. The summed E-state index contributed by atoms with van der Waals surface area (Å²) in [6.07, 6.45) is 0. The van der Waals surface area contributed by atoms with E-state index in [1.807, 2.05) is 45.0 Å². The van der Waals surface area contributed by atoms with Gasteiger partial charge in [-0.3, -0.25) is 9.00 Å². The van der Waals surface area contributed by atoms with Gasteiger partial charge in [0.25, 0.3) is 0 Å². The highest BCUT2D eigenvalue weighted by Crippen LogP contribution is 2.06. The quantitative estimate of drug-likeness (QED) is 0.857. The molecule has 18 heavy (non-hydrogen) atoms. The lowest BCUT2D eigenvalue weighted by Crippen LogP contribution is -2.31. The number of carbonyl (C=O) groups excluding carboxylic acids is 1. The summed E-state index contributed by atoms with van der Waals surface area (Å²) in [7, 11) is -1.14. The van der Waals surface area contributed by atoms with E-state index >= 15 is 0 Å². The molecule has 0 saturated carbocycles. The lowest BCUT2D eigenvalue weighted by Gasteiger charge is -2.07. The van der Waals surface area contributed by atoms with Crippen LogP contribution in [0.5, 0.6) is 0 Å². The van der Waals surface area contributed by atoms with Gasteiger partial charge in [0.15, 0.2) is 0 Å². The molecule has 4 heteroatoms. The molecule has 0 aromatic heterocycles. The van der Waals surface area contributed by atoms with Crippen molar-refractivity contribution >= 4 is 16.7 Å². The summed E-state index contributed by atoms with van der Waals surface area (Å²) in [6, 6.07) is 7.89. The predicted molar refractivity (Wildman–Crippen MR) is 75.7 cm³/mol. The van der Waals surface area contributed by atoms with Crippen molar-refractivity contribution in [2.75, 3.05) is 12.3 Å². The van der Waals surface area contributed by atoms with Gasteiger partial charge in [0, 0.05) is 23.1 Å². The number of hydrogen-bond donors (Lipinski definition) is 1. The highest BCUT2D eigenvalue weighted by atomic mass is 32.2. The summed E-state index contributed by atoms with van der Waals surface area (Å²) in [5, 5.41) is 2.78. The Kier molecular flexibility index (Phi) is 6.05. The summed E-state index contributed by atoms with van der Waals surface area (Å²) in [5.74, 6) is 0.811. The zero-order valence-electron chi connectivity index (χ0n) is 11.2. The van der Waals surface area contributed by atoms with Gasteiger partial charge in [0.05, 0.1) is 0 Å². The second kappa shape index (κ2) is 7.31. The maximum atomic E-state index is 11.8. The SMILES string of the molecule is Cc1cccc(CS(=O)CC(=O)NCC(C)C)c1. The van der Waals surface area contributed by atoms with Crippen LogP contribution in [0.4, 0.5) is 0 Å². The molecule has 0 radical (unpaired) electrons. The smallest absolute Gasteiger partial charge is 0.232 e. The first-order chi connectivity index (χ1) is 8.47. The van der Waals surface area contributed by atoms with Gasteiger partial charge >= 0.3 is 0 Å². The van der Waals surface area contributed by atoms with Crippen molar-refractivity contribution in [3.05, 3.63) is 35.4 Å². The molecule has 1 atom stereocenters. The second-order valence-electron chi connectivity index (χ2n) is 4.92. The van der Waals surface area contributed by atoms with Gasteiger partial charge < -0.3 is 5.32 Å². The highest BCUT2D eigenvalue weighted by molar-refractivity contribution is 7.84. The first-order valence-electron chi connectivity index (χ1n) is 6.14. The summed E-state index contributed by atoms with van der Waals surface area (Å²) < 4.78 is 11.8. The van der Waals surface area contributed by atoms with Crippen LogP contribution in [-0.2, 0) is 21.3 Å². The van der Waals surface area contributed by atoms with Crippen LogP contribution < -0.4 is 5.32 Å². The van der Waals surface area contributed by atoms with Crippen LogP contribution in [0.3, 0.4) is 0 Å². The van der Waals surface area contributed by atoms with Gasteiger partial charge in [-0.2, -0.15) is 0 Å². The van der Waals surface area contributed by atoms with E-state index in [0.717, 1.165) is 11.1 Å². The molecule has 0 aliphatic rings. The molecule has 100 valence electrons. The number of amides is 1. The molecular formula is C14H21NO2S. The fourth-order valence-corrected chi connectivity index (χ4v) is 2.60. The van der Waals surface area contributed by atoms with E-state index in [9.17, 15) is 9.00 Å². The molecule has 0 heterocycles. The van der Waals surface area contributed by atoms with E-state index in [2.05, 4.69) is 5.32 Å². The normalized spacial score (nSPS) is 12.4. The molecular weight excluding hydrogens is 246 g/mol. The minimum atomic E-state index is -1.14. The zero-order valence-corrected chi connectivity index (χ0v) is 12.0. The Bertz CT molecular complexity index is 430. The Balaban J connectivity index is 2.40. The van der Waals surface area contributed by atoms with E-state index in [-0.39, 0.29) is 11.7 Å². The Morgan fingerprint density at radius 1 is 1.39 bits per heavy atom. The fourth-order valence-electron chi connectivity index (χ4n) is 1.55. The van der Waals surface area contributed by atoms with Gasteiger partial charge in [0.2, 0.25) is 5.91 Å². The summed E-state index contributed by atoms with van der Waals surface area (Å²) in [4.78, 5) is 11.5. The Hall–Kier alpha value is -1.16. The number of aryl methyl sites for hydroxylation is 1. The molecule has 3 nitrogen and oxygen atoms in total. The number of carbonyl (C=O) groups is 1. The Labute approximate surface area is 111 Å². The molecule has 0 aliphatic carbocycles. The Morgan fingerprint density at radius 2 is 2.11 bits per heavy atom. The molecule has 0 saturated heterocycles. The lowest BCUT2D eigenvalue weighted by molar-refractivity contribution is -0.118. The van der Waals surface area contributed by atoms with Gasteiger partial charge in [0.1, 0.15) is 5.75 Å². The maximum Gasteiger partial charge on any atom is 0.232 e. The molecule has 1 aromatic rings. The van der Waals surface area contributed by atoms with Crippen molar-refractivity contribution in [1.29, 1.82) is 0 Å². The molecule has 0 bridgehead atoms. The van der Waals surface area contributed by atoms with Crippen LogP contribution >= 0.6 is 0 Å². The maximum absolute atomic E-state index is 11.8. The second-order valence-corrected chi connectivity index (χ2v) is 6.37. The average Bonchev–Trinajstić information content (AvgIpc) is 2.26. The van der Waals surface area contributed by atoms with E-state index in [1.165, 1.54) is 0 Å². The first-order valence-corrected chi connectivity index (χ1v) is 7.63. The van der Waals surface area contributed by atoms with Crippen molar-refractivity contribution < 1.29 is 9.00 Å². The predicted octanol–water partition coefficient (Wildman–Crippen LogP) is 2.02. The molecule has 0 aliphatic heterocycles. The average molecular weight is 267 g/mol. The van der Waals surface area contributed by atoms with Crippen LogP contribution in [0.2, 0.25) is 0 Å².